The van der Waals surface area contributed by atoms with E-state index in [4.69, 9.17) is 0 Å². The van der Waals surface area contributed by atoms with Crippen LogP contribution in [0.4, 0.5) is 0 Å². The minimum absolute atomic E-state index is 0.573. The average molecular weight is 294 g/mol. The molecule has 1 aromatic heterocycles. The van der Waals surface area contributed by atoms with Crippen LogP contribution in [0.1, 0.15) is 40.5 Å². The van der Waals surface area contributed by atoms with E-state index in [1.54, 1.807) is 18.5 Å². The topological polar surface area (TPSA) is 83.2 Å². The number of aromatic nitrogens is 3. The molecule has 2 rings (SSSR count). The van der Waals surface area contributed by atoms with Crippen LogP contribution in [0.5, 0.6) is 0 Å². The minimum atomic E-state index is -0.973. The van der Waals surface area contributed by atoms with Crippen molar-refractivity contribution >= 4 is 11.0 Å². The third-order valence-electron chi connectivity index (χ3n) is 3.43. The zero-order valence-corrected chi connectivity index (χ0v) is 13.5. The highest BCUT2D eigenvalue weighted by atomic mass is 16.3. The van der Waals surface area contributed by atoms with Gasteiger partial charge in [-0.15, -0.1) is 5.10 Å². The lowest BCUT2D eigenvalue weighted by atomic mass is 10.1. The lowest BCUT2D eigenvalue weighted by Crippen LogP contribution is -2.54. The Hall–Kier alpha value is -1.50. The smallest absolute Gasteiger partial charge is 0.115 e. The third kappa shape index (κ3) is 5.41. The Bertz CT molecular complexity index is 550. The molecule has 0 bridgehead atoms. The highest BCUT2D eigenvalue weighted by Gasteiger charge is 2.27. The monoisotopic (exact) mass is 294 g/mol. The van der Waals surface area contributed by atoms with E-state index in [0.717, 1.165) is 11.0 Å². The van der Waals surface area contributed by atoms with Gasteiger partial charge in [-0.25, -0.2) is 4.68 Å². The van der Waals surface area contributed by atoms with Crippen LogP contribution in [-0.4, -0.2) is 36.7 Å². The molecule has 6 nitrogen and oxygen atoms in total. The summed E-state index contributed by atoms with van der Waals surface area (Å²) in [6, 6.07) is 7.88. The van der Waals surface area contributed by atoms with Crippen LogP contribution in [-0.2, 0) is 7.05 Å². The first-order valence-corrected chi connectivity index (χ1v) is 7.19. The summed E-state index contributed by atoms with van der Waals surface area (Å²) >= 11 is 0. The molecule has 2 aromatic rings. The SMILES string of the molecule is CCC(C)(O)NC(C)(O)CC.Cn1nnc2ccccc21. The van der Waals surface area contributed by atoms with Crippen molar-refractivity contribution in [3.8, 4) is 0 Å². The molecule has 0 aliphatic carbocycles. The average Bonchev–Trinajstić information content (AvgIpc) is 2.81. The number of rotatable bonds is 4. The number of aryl methyl sites for hydroxylation is 1. The maximum Gasteiger partial charge on any atom is 0.115 e. The van der Waals surface area contributed by atoms with E-state index < -0.39 is 11.4 Å². The molecule has 6 heteroatoms. The van der Waals surface area contributed by atoms with Gasteiger partial charge in [-0.2, -0.15) is 0 Å². The fourth-order valence-corrected chi connectivity index (χ4v) is 1.74. The Balaban J connectivity index is 0.000000210. The van der Waals surface area contributed by atoms with Gasteiger partial charge in [0, 0.05) is 7.05 Å². The maximum absolute atomic E-state index is 9.52. The van der Waals surface area contributed by atoms with Gasteiger partial charge in [-0.3, -0.25) is 5.32 Å². The van der Waals surface area contributed by atoms with Gasteiger partial charge in [0.2, 0.25) is 0 Å². The van der Waals surface area contributed by atoms with Crippen LogP contribution in [0.15, 0.2) is 24.3 Å². The molecule has 21 heavy (non-hydrogen) atoms. The zero-order valence-electron chi connectivity index (χ0n) is 13.5. The lowest BCUT2D eigenvalue weighted by Gasteiger charge is -2.33. The van der Waals surface area contributed by atoms with Gasteiger partial charge in [0.15, 0.2) is 0 Å². The maximum atomic E-state index is 9.52. The summed E-state index contributed by atoms with van der Waals surface area (Å²) in [5.74, 6) is 0. The summed E-state index contributed by atoms with van der Waals surface area (Å²) < 4.78 is 1.76. The second-order valence-electron chi connectivity index (χ2n) is 5.58. The molecule has 0 saturated heterocycles. The molecular weight excluding hydrogens is 268 g/mol. The number of hydrogen-bond donors (Lipinski definition) is 3. The lowest BCUT2D eigenvalue weighted by molar-refractivity contribution is -0.0867. The highest BCUT2D eigenvalue weighted by molar-refractivity contribution is 5.73. The normalized spacial score (nSPS) is 16.7. The number of benzene rings is 1. The summed E-state index contributed by atoms with van der Waals surface area (Å²) in [4.78, 5) is 0. The van der Waals surface area contributed by atoms with Crippen LogP contribution in [0.2, 0.25) is 0 Å². The summed E-state index contributed by atoms with van der Waals surface area (Å²) in [6.45, 7) is 7.02. The summed E-state index contributed by atoms with van der Waals surface area (Å²) in [5.41, 5.74) is 0.0754. The molecule has 118 valence electrons. The Morgan fingerprint density at radius 1 is 1.10 bits per heavy atom. The number of fused-ring (bicyclic) bond motifs is 1. The molecule has 0 saturated carbocycles. The highest BCUT2D eigenvalue weighted by Crippen LogP contribution is 2.12. The van der Waals surface area contributed by atoms with Crippen molar-refractivity contribution in [3.05, 3.63) is 24.3 Å². The van der Waals surface area contributed by atoms with Crippen LogP contribution in [0.3, 0.4) is 0 Å². The molecule has 0 radical (unpaired) electrons. The number of hydrogen-bond acceptors (Lipinski definition) is 5. The molecule has 0 amide bonds. The van der Waals surface area contributed by atoms with Gasteiger partial charge < -0.3 is 10.2 Å². The second kappa shape index (κ2) is 6.98. The van der Waals surface area contributed by atoms with E-state index in [-0.39, 0.29) is 0 Å². The summed E-state index contributed by atoms with van der Waals surface area (Å²) in [5, 5.41) is 29.6. The zero-order chi connectivity index (χ0) is 16.1. The molecule has 3 N–H and O–H groups in total. The third-order valence-corrected chi connectivity index (χ3v) is 3.43. The van der Waals surface area contributed by atoms with E-state index in [0.29, 0.717) is 12.8 Å². The Kier molecular flexibility index (Phi) is 5.83. The molecule has 2 atom stereocenters. The fraction of sp³-hybridized carbons (Fsp3) is 0.600. The number of nitrogens with zero attached hydrogens (tertiary/aromatic N) is 3. The van der Waals surface area contributed by atoms with Crippen molar-refractivity contribution in [2.45, 2.75) is 52.0 Å². The number of aliphatic hydroxyl groups is 2. The van der Waals surface area contributed by atoms with Crippen molar-refractivity contribution in [1.29, 1.82) is 0 Å². The van der Waals surface area contributed by atoms with Crippen LogP contribution in [0.25, 0.3) is 11.0 Å². The van der Waals surface area contributed by atoms with Gasteiger partial charge in [-0.05, 0) is 38.8 Å². The Morgan fingerprint density at radius 2 is 1.62 bits per heavy atom. The van der Waals surface area contributed by atoms with Crippen LogP contribution >= 0.6 is 0 Å². The molecule has 0 aliphatic rings. The molecule has 0 fully saturated rings. The minimum Gasteiger partial charge on any atom is -0.376 e. The molecule has 2 unspecified atom stereocenters. The van der Waals surface area contributed by atoms with E-state index >= 15 is 0 Å². The van der Waals surface area contributed by atoms with Gasteiger partial charge >= 0.3 is 0 Å². The summed E-state index contributed by atoms with van der Waals surface area (Å²) in [6.07, 6.45) is 1.15. The van der Waals surface area contributed by atoms with Gasteiger partial charge in [0.1, 0.15) is 17.0 Å². The van der Waals surface area contributed by atoms with E-state index in [1.807, 2.05) is 45.2 Å². The van der Waals surface area contributed by atoms with E-state index in [1.165, 1.54) is 0 Å². The first kappa shape index (κ1) is 17.6. The molecule has 0 aliphatic heterocycles. The predicted molar refractivity (Wildman–Crippen MR) is 83.5 cm³/mol. The Morgan fingerprint density at radius 3 is 2.10 bits per heavy atom. The van der Waals surface area contributed by atoms with Crippen molar-refractivity contribution in [2.75, 3.05) is 0 Å². The molecule has 0 spiro atoms. The van der Waals surface area contributed by atoms with Gasteiger partial charge in [-0.1, -0.05) is 31.2 Å². The second-order valence-corrected chi connectivity index (χ2v) is 5.58. The first-order valence-electron chi connectivity index (χ1n) is 7.19. The van der Waals surface area contributed by atoms with Crippen molar-refractivity contribution in [2.24, 2.45) is 7.05 Å². The quantitative estimate of drug-likeness (QED) is 0.749. The largest absolute Gasteiger partial charge is 0.376 e. The standard InChI is InChI=1S/C8H19NO2.C7H7N3/c1-5-7(3,10)9-8(4,11)6-2;1-10-7-5-3-2-4-6(7)8-9-10/h9-11H,5-6H2,1-4H3;2-5H,1H3. The van der Waals surface area contributed by atoms with Crippen molar-refractivity contribution in [1.82, 2.24) is 20.3 Å². The number of para-hydroxylation sites is 1. The summed E-state index contributed by atoms with van der Waals surface area (Å²) in [7, 11) is 1.88. The number of nitrogens with one attached hydrogen (secondary N) is 1. The van der Waals surface area contributed by atoms with E-state index in [2.05, 4.69) is 15.6 Å². The predicted octanol–water partition coefficient (Wildman–Crippen LogP) is 1.78. The molecular formula is C15H26N4O2. The van der Waals surface area contributed by atoms with Crippen LogP contribution in [0, 0.1) is 0 Å². The first-order chi connectivity index (χ1) is 9.71. The molecule has 1 heterocycles. The van der Waals surface area contributed by atoms with Gasteiger partial charge in [0.05, 0.1) is 5.52 Å². The van der Waals surface area contributed by atoms with Crippen molar-refractivity contribution in [3.63, 3.8) is 0 Å². The Labute approximate surface area is 125 Å². The van der Waals surface area contributed by atoms with Gasteiger partial charge in [0.25, 0.3) is 0 Å². The molecule has 1 aromatic carbocycles. The van der Waals surface area contributed by atoms with E-state index in [9.17, 15) is 10.2 Å². The fourth-order valence-electron chi connectivity index (χ4n) is 1.74. The van der Waals surface area contributed by atoms with Crippen LogP contribution < -0.4 is 5.32 Å². The van der Waals surface area contributed by atoms with Crippen molar-refractivity contribution < 1.29 is 10.2 Å².